The van der Waals surface area contributed by atoms with Crippen molar-refractivity contribution in [2.45, 2.75) is 19.4 Å². The lowest BCUT2D eigenvalue weighted by atomic mass is 10.3. The average Bonchev–Trinajstić information content (AvgIpc) is 3.29. The van der Waals surface area contributed by atoms with Crippen LogP contribution in [0.5, 0.6) is 17.6 Å². The highest BCUT2D eigenvalue weighted by atomic mass is 79.9. The van der Waals surface area contributed by atoms with Gasteiger partial charge in [-0.15, -0.1) is 5.10 Å². The van der Waals surface area contributed by atoms with Crippen LogP contribution >= 0.6 is 15.9 Å². The Bertz CT molecular complexity index is 862. The molecule has 1 aliphatic rings. The Morgan fingerprint density at radius 1 is 1.30 bits per heavy atom. The lowest BCUT2D eigenvalue weighted by Gasteiger charge is -2.07. The van der Waals surface area contributed by atoms with Crippen LogP contribution in [0.2, 0.25) is 0 Å². The molecule has 2 heterocycles. The van der Waals surface area contributed by atoms with Crippen LogP contribution in [0.1, 0.15) is 12.8 Å². The molecule has 0 saturated heterocycles. The van der Waals surface area contributed by atoms with Crippen LogP contribution in [0.25, 0.3) is 11.0 Å². The fraction of sp³-hybridized carbons (Fsp3) is 0.333. The second-order valence-corrected chi connectivity index (χ2v) is 6.24. The minimum atomic E-state index is 0.217. The molecule has 3 aromatic rings. The van der Waals surface area contributed by atoms with Gasteiger partial charge in [-0.3, -0.25) is 0 Å². The van der Waals surface area contributed by atoms with Crippen LogP contribution in [0, 0.1) is 5.92 Å². The second-order valence-electron chi connectivity index (χ2n) is 5.44. The zero-order chi connectivity index (χ0) is 15.8. The maximum Gasteiger partial charge on any atom is 0.325 e. The van der Waals surface area contributed by atoms with Crippen LogP contribution in [-0.2, 0) is 6.54 Å². The molecule has 8 heteroatoms. The van der Waals surface area contributed by atoms with Crippen LogP contribution in [-0.4, -0.2) is 32.1 Å². The second kappa shape index (κ2) is 5.77. The van der Waals surface area contributed by atoms with Crippen molar-refractivity contribution in [1.82, 2.24) is 25.0 Å². The van der Waals surface area contributed by atoms with Crippen molar-refractivity contribution in [2.75, 3.05) is 7.11 Å². The number of rotatable bonds is 5. The molecule has 2 aromatic heterocycles. The van der Waals surface area contributed by atoms with E-state index in [9.17, 15) is 0 Å². The standard InChI is InChI=1S/C15H14BrN5O2/c1-22-12-6-7-17-15(18-12)23-11-5-4-10-14(13(11)16)19-20-21(10)8-9-2-3-9/h4-7,9H,2-3,8H2,1H3. The summed E-state index contributed by atoms with van der Waals surface area (Å²) in [5, 5.41) is 8.50. The van der Waals surface area contributed by atoms with Gasteiger partial charge in [0.25, 0.3) is 0 Å². The smallest absolute Gasteiger partial charge is 0.325 e. The first kappa shape index (κ1) is 14.4. The normalized spacial score (nSPS) is 14.2. The van der Waals surface area contributed by atoms with Crippen molar-refractivity contribution in [3.63, 3.8) is 0 Å². The van der Waals surface area contributed by atoms with Gasteiger partial charge in [-0.25, -0.2) is 9.67 Å². The fourth-order valence-electron chi connectivity index (χ4n) is 2.33. The lowest BCUT2D eigenvalue weighted by molar-refractivity contribution is 0.376. The molecule has 0 radical (unpaired) electrons. The van der Waals surface area contributed by atoms with Gasteiger partial charge < -0.3 is 9.47 Å². The van der Waals surface area contributed by atoms with Crippen molar-refractivity contribution in [3.8, 4) is 17.6 Å². The molecule has 0 amide bonds. The first-order valence-electron chi connectivity index (χ1n) is 7.31. The number of hydrogen-bond acceptors (Lipinski definition) is 6. The third-order valence-corrected chi connectivity index (χ3v) is 4.50. The Morgan fingerprint density at radius 3 is 2.96 bits per heavy atom. The first-order valence-corrected chi connectivity index (χ1v) is 8.10. The highest BCUT2D eigenvalue weighted by molar-refractivity contribution is 9.10. The molecule has 118 valence electrons. The van der Waals surface area contributed by atoms with Gasteiger partial charge in [-0.2, -0.15) is 4.98 Å². The molecule has 23 heavy (non-hydrogen) atoms. The molecular formula is C15H14BrN5O2. The largest absolute Gasteiger partial charge is 0.481 e. The highest BCUT2D eigenvalue weighted by Crippen LogP contribution is 2.36. The third kappa shape index (κ3) is 2.86. The van der Waals surface area contributed by atoms with Gasteiger partial charge in [-0.05, 0) is 46.8 Å². The molecule has 0 N–H and O–H groups in total. The summed E-state index contributed by atoms with van der Waals surface area (Å²) in [5.41, 5.74) is 1.76. The van der Waals surface area contributed by atoms with E-state index in [0.29, 0.717) is 11.6 Å². The summed E-state index contributed by atoms with van der Waals surface area (Å²) < 4.78 is 13.5. The quantitative estimate of drug-likeness (QED) is 0.681. The Labute approximate surface area is 140 Å². The minimum Gasteiger partial charge on any atom is -0.481 e. The van der Waals surface area contributed by atoms with Crippen LogP contribution in [0.3, 0.4) is 0 Å². The number of nitrogens with zero attached hydrogens (tertiary/aromatic N) is 5. The van der Waals surface area contributed by atoms with E-state index in [2.05, 4.69) is 36.2 Å². The van der Waals surface area contributed by atoms with E-state index in [1.54, 1.807) is 19.4 Å². The monoisotopic (exact) mass is 375 g/mol. The molecule has 0 spiro atoms. The number of fused-ring (bicyclic) bond motifs is 1. The highest BCUT2D eigenvalue weighted by Gasteiger charge is 2.24. The van der Waals surface area contributed by atoms with E-state index < -0.39 is 0 Å². The Balaban J connectivity index is 1.66. The zero-order valence-electron chi connectivity index (χ0n) is 12.4. The summed E-state index contributed by atoms with van der Waals surface area (Å²) in [4.78, 5) is 8.22. The molecule has 4 rings (SSSR count). The number of benzene rings is 1. The van der Waals surface area contributed by atoms with Crippen molar-refractivity contribution in [3.05, 3.63) is 28.9 Å². The van der Waals surface area contributed by atoms with Crippen molar-refractivity contribution in [1.29, 1.82) is 0 Å². The minimum absolute atomic E-state index is 0.217. The fourth-order valence-corrected chi connectivity index (χ4v) is 2.83. The summed E-state index contributed by atoms with van der Waals surface area (Å²) in [6.45, 7) is 0.919. The van der Waals surface area contributed by atoms with E-state index in [4.69, 9.17) is 9.47 Å². The van der Waals surface area contributed by atoms with Crippen molar-refractivity contribution in [2.24, 2.45) is 5.92 Å². The molecule has 1 saturated carbocycles. The summed E-state index contributed by atoms with van der Waals surface area (Å²) in [7, 11) is 1.55. The first-order chi connectivity index (χ1) is 11.2. The molecule has 0 unspecified atom stereocenters. The van der Waals surface area contributed by atoms with Gasteiger partial charge in [0.15, 0.2) is 0 Å². The van der Waals surface area contributed by atoms with Gasteiger partial charge in [0, 0.05) is 18.8 Å². The Morgan fingerprint density at radius 2 is 2.17 bits per heavy atom. The molecule has 0 atom stereocenters. The van der Waals surface area contributed by atoms with E-state index in [0.717, 1.165) is 28.0 Å². The average molecular weight is 376 g/mol. The molecule has 7 nitrogen and oxygen atoms in total. The Hall–Kier alpha value is -2.22. The van der Waals surface area contributed by atoms with E-state index >= 15 is 0 Å². The van der Waals surface area contributed by atoms with Gasteiger partial charge >= 0.3 is 6.01 Å². The Kier molecular flexibility index (Phi) is 3.60. The molecule has 1 aromatic carbocycles. The number of aromatic nitrogens is 5. The van der Waals surface area contributed by atoms with Gasteiger partial charge in [0.1, 0.15) is 11.3 Å². The summed E-state index contributed by atoms with van der Waals surface area (Å²) in [6.07, 6.45) is 4.13. The molecule has 0 aliphatic heterocycles. The number of halogens is 1. The van der Waals surface area contributed by atoms with Crippen LogP contribution in [0.4, 0.5) is 0 Å². The molecule has 1 aliphatic carbocycles. The number of methoxy groups -OCH3 is 1. The van der Waals surface area contributed by atoms with Gasteiger partial charge in [-0.1, -0.05) is 5.21 Å². The van der Waals surface area contributed by atoms with Gasteiger partial charge in [0.2, 0.25) is 5.88 Å². The molecule has 1 fully saturated rings. The zero-order valence-corrected chi connectivity index (χ0v) is 14.0. The van der Waals surface area contributed by atoms with Crippen molar-refractivity contribution >= 4 is 27.0 Å². The molecular weight excluding hydrogens is 362 g/mol. The summed E-state index contributed by atoms with van der Waals surface area (Å²) >= 11 is 3.54. The SMILES string of the molecule is COc1ccnc(Oc2ccc3c(nnn3CC3CC3)c2Br)n1. The van der Waals surface area contributed by atoms with Crippen LogP contribution in [0.15, 0.2) is 28.9 Å². The van der Waals surface area contributed by atoms with E-state index in [-0.39, 0.29) is 6.01 Å². The predicted octanol–water partition coefficient (Wildman–Crippen LogP) is 3.19. The maximum atomic E-state index is 5.74. The van der Waals surface area contributed by atoms with Crippen LogP contribution < -0.4 is 9.47 Å². The van der Waals surface area contributed by atoms with Crippen molar-refractivity contribution < 1.29 is 9.47 Å². The summed E-state index contributed by atoms with van der Waals surface area (Å²) in [6, 6.07) is 5.70. The number of hydrogen-bond donors (Lipinski definition) is 0. The topological polar surface area (TPSA) is 75.0 Å². The van der Waals surface area contributed by atoms with Gasteiger partial charge in [0.05, 0.1) is 17.1 Å². The third-order valence-electron chi connectivity index (χ3n) is 3.74. The summed E-state index contributed by atoms with van der Waals surface area (Å²) in [5.74, 6) is 1.77. The molecule has 0 bridgehead atoms. The lowest BCUT2D eigenvalue weighted by Crippen LogP contribution is -2.01. The number of ether oxygens (including phenoxy) is 2. The predicted molar refractivity (Wildman–Crippen MR) is 86.6 cm³/mol. The van der Waals surface area contributed by atoms with E-state index in [1.807, 2.05) is 16.8 Å². The van der Waals surface area contributed by atoms with E-state index in [1.165, 1.54) is 12.8 Å². The maximum absolute atomic E-state index is 5.74.